The lowest BCUT2D eigenvalue weighted by Gasteiger charge is -2.43. The maximum absolute atomic E-state index is 14.1. The van der Waals surface area contributed by atoms with Crippen molar-refractivity contribution in [1.82, 2.24) is 10.2 Å². The molecular weight excluding hydrogens is 524 g/mol. The Labute approximate surface area is 232 Å². The Morgan fingerprint density at radius 1 is 1.13 bits per heavy atom. The molecule has 3 rings (SSSR count). The van der Waals surface area contributed by atoms with Crippen molar-refractivity contribution in [2.24, 2.45) is 5.73 Å². The van der Waals surface area contributed by atoms with Gasteiger partial charge in [-0.15, -0.1) is 0 Å². The number of aromatic hydroxyl groups is 1. The van der Waals surface area contributed by atoms with Crippen LogP contribution >= 0.6 is 11.6 Å². The zero-order chi connectivity index (χ0) is 28.9. The van der Waals surface area contributed by atoms with E-state index in [1.807, 2.05) is 0 Å². The number of amides is 4. The second-order valence-corrected chi connectivity index (χ2v) is 11.0. The third-order valence-electron chi connectivity index (χ3n) is 6.34. The number of halogens is 1. The standard InChI is InChI=1S/C28H35ClN4O6/c1-16-9-7-13-19(29)23(16)32-25(36)24(18-12-5-6-14-21(18)34)33(17-10-8-11-17)26(37)20(15-22(30)35)31-27(38)39-28(2,3)4/h5-7,9,12-14,17,20,24,34H,8,10-11,15H2,1-4H3,(H2,30,35)(H,31,38)(H,32,36). The molecule has 2 aromatic rings. The highest BCUT2D eigenvalue weighted by Crippen LogP contribution is 2.38. The molecule has 5 N–H and O–H groups in total. The van der Waals surface area contributed by atoms with E-state index in [2.05, 4.69) is 10.6 Å². The zero-order valence-electron chi connectivity index (χ0n) is 22.5. The minimum atomic E-state index is -1.40. The Bertz CT molecular complexity index is 1220. The highest BCUT2D eigenvalue weighted by atomic mass is 35.5. The van der Waals surface area contributed by atoms with Gasteiger partial charge in [-0.2, -0.15) is 0 Å². The molecule has 2 unspecified atom stereocenters. The number of phenols is 1. The Morgan fingerprint density at radius 3 is 2.33 bits per heavy atom. The first-order valence-corrected chi connectivity index (χ1v) is 13.1. The highest BCUT2D eigenvalue weighted by Gasteiger charge is 2.43. The fourth-order valence-electron chi connectivity index (χ4n) is 4.33. The van der Waals surface area contributed by atoms with Gasteiger partial charge in [0.1, 0.15) is 23.4 Å². The molecule has 0 radical (unpaired) electrons. The minimum absolute atomic E-state index is 0.176. The van der Waals surface area contributed by atoms with Crippen molar-refractivity contribution in [2.75, 3.05) is 5.32 Å². The third-order valence-corrected chi connectivity index (χ3v) is 6.66. The normalized spacial score (nSPS) is 14.9. The van der Waals surface area contributed by atoms with Crippen LogP contribution in [-0.4, -0.2) is 51.5 Å². The minimum Gasteiger partial charge on any atom is -0.508 e. The lowest BCUT2D eigenvalue weighted by molar-refractivity contribution is -0.146. The summed E-state index contributed by atoms with van der Waals surface area (Å²) in [5.41, 5.74) is 5.81. The van der Waals surface area contributed by atoms with Gasteiger partial charge in [-0.05, 0) is 64.7 Å². The molecule has 1 aliphatic carbocycles. The predicted molar refractivity (Wildman–Crippen MR) is 147 cm³/mol. The summed E-state index contributed by atoms with van der Waals surface area (Å²) in [5.74, 6) is -2.35. The summed E-state index contributed by atoms with van der Waals surface area (Å²) in [6.07, 6.45) is 0.562. The van der Waals surface area contributed by atoms with Gasteiger partial charge in [-0.25, -0.2) is 4.79 Å². The molecular formula is C28H35ClN4O6. The predicted octanol–water partition coefficient (Wildman–Crippen LogP) is 4.18. The van der Waals surface area contributed by atoms with E-state index >= 15 is 0 Å². The van der Waals surface area contributed by atoms with Gasteiger partial charge in [0.2, 0.25) is 11.8 Å². The molecule has 11 heteroatoms. The zero-order valence-corrected chi connectivity index (χ0v) is 23.2. The van der Waals surface area contributed by atoms with Crippen molar-refractivity contribution >= 4 is 41.1 Å². The van der Waals surface area contributed by atoms with Gasteiger partial charge in [0.05, 0.1) is 17.1 Å². The van der Waals surface area contributed by atoms with Crippen LogP contribution in [0, 0.1) is 6.92 Å². The van der Waals surface area contributed by atoms with Crippen molar-refractivity contribution in [1.29, 1.82) is 0 Å². The van der Waals surface area contributed by atoms with Gasteiger partial charge < -0.3 is 31.1 Å². The summed E-state index contributed by atoms with van der Waals surface area (Å²) in [7, 11) is 0. The molecule has 2 aromatic carbocycles. The number of para-hydroxylation sites is 2. The lowest BCUT2D eigenvalue weighted by atomic mass is 9.87. The molecule has 2 atom stereocenters. The number of nitrogens with zero attached hydrogens (tertiary/aromatic N) is 1. The number of rotatable bonds is 9. The average Bonchev–Trinajstić information content (AvgIpc) is 2.78. The highest BCUT2D eigenvalue weighted by molar-refractivity contribution is 6.34. The van der Waals surface area contributed by atoms with Crippen LogP contribution in [0.15, 0.2) is 42.5 Å². The van der Waals surface area contributed by atoms with Gasteiger partial charge in [-0.1, -0.05) is 41.9 Å². The monoisotopic (exact) mass is 558 g/mol. The Balaban J connectivity index is 2.07. The summed E-state index contributed by atoms with van der Waals surface area (Å²) < 4.78 is 5.29. The van der Waals surface area contributed by atoms with E-state index in [1.54, 1.807) is 64.1 Å². The lowest BCUT2D eigenvalue weighted by Crippen LogP contribution is -2.57. The molecule has 1 saturated carbocycles. The number of ether oxygens (including phenoxy) is 1. The van der Waals surface area contributed by atoms with Gasteiger partial charge in [-0.3, -0.25) is 14.4 Å². The van der Waals surface area contributed by atoms with Gasteiger partial charge in [0.25, 0.3) is 5.91 Å². The number of benzene rings is 2. The van der Waals surface area contributed by atoms with Crippen LogP contribution in [0.5, 0.6) is 5.75 Å². The second-order valence-electron chi connectivity index (χ2n) is 10.6. The average molecular weight is 559 g/mol. The molecule has 0 saturated heterocycles. The molecule has 0 spiro atoms. The number of primary amides is 1. The SMILES string of the molecule is Cc1cccc(Cl)c1NC(=O)C(c1ccccc1O)N(C(=O)C(CC(N)=O)NC(=O)OC(C)(C)C)C1CCC1. The van der Waals surface area contributed by atoms with Crippen LogP contribution in [0.2, 0.25) is 5.02 Å². The molecule has 0 heterocycles. The number of alkyl carbamates (subject to hydrolysis) is 1. The quantitative estimate of drug-likeness (QED) is 0.362. The Hall–Kier alpha value is -3.79. The first-order chi connectivity index (χ1) is 18.3. The number of nitrogens with one attached hydrogen (secondary N) is 2. The summed E-state index contributed by atoms with van der Waals surface area (Å²) in [6, 6.07) is 8.24. The first kappa shape index (κ1) is 29.8. The molecule has 1 aliphatic rings. The molecule has 4 amide bonds. The smallest absolute Gasteiger partial charge is 0.408 e. The van der Waals surface area contributed by atoms with Gasteiger partial charge in [0.15, 0.2) is 0 Å². The fraction of sp³-hybridized carbons (Fsp3) is 0.429. The number of anilines is 1. The topological polar surface area (TPSA) is 151 Å². The van der Waals surface area contributed by atoms with Crippen molar-refractivity contribution in [3.63, 3.8) is 0 Å². The summed E-state index contributed by atoms with van der Waals surface area (Å²) in [4.78, 5) is 53.9. The molecule has 39 heavy (non-hydrogen) atoms. The van der Waals surface area contributed by atoms with E-state index in [-0.39, 0.29) is 11.3 Å². The number of nitrogens with two attached hydrogens (primary N) is 1. The van der Waals surface area contributed by atoms with Crippen LogP contribution in [0.3, 0.4) is 0 Å². The number of aryl methyl sites for hydroxylation is 1. The van der Waals surface area contributed by atoms with Crippen molar-refractivity contribution in [3.05, 3.63) is 58.6 Å². The molecule has 0 aliphatic heterocycles. The van der Waals surface area contributed by atoms with Crippen molar-refractivity contribution in [3.8, 4) is 5.75 Å². The Kier molecular flexibility index (Phi) is 9.45. The summed E-state index contributed by atoms with van der Waals surface area (Å²) in [6.45, 7) is 6.76. The number of hydrogen-bond donors (Lipinski definition) is 4. The molecule has 0 bridgehead atoms. The molecule has 210 valence electrons. The molecule has 1 fully saturated rings. The van der Waals surface area contributed by atoms with E-state index in [1.165, 1.54) is 11.0 Å². The summed E-state index contributed by atoms with van der Waals surface area (Å²) >= 11 is 6.36. The summed E-state index contributed by atoms with van der Waals surface area (Å²) in [5, 5.41) is 16.3. The van der Waals surface area contributed by atoms with Crippen LogP contribution < -0.4 is 16.4 Å². The molecule has 0 aromatic heterocycles. The number of hydrogen-bond acceptors (Lipinski definition) is 6. The van der Waals surface area contributed by atoms with Gasteiger partial charge >= 0.3 is 6.09 Å². The molecule has 10 nitrogen and oxygen atoms in total. The maximum Gasteiger partial charge on any atom is 0.408 e. The number of phenolic OH excluding ortho intramolecular Hbond substituents is 1. The first-order valence-electron chi connectivity index (χ1n) is 12.7. The third kappa shape index (κ3) is 7.63. The van der Waals surface area contributed by atoms with Crippen LogP contribution in [-0.2, 0) is 19.1 Å². The van der Waals surface area contributed by atoms with E-state index in [9.17, 15) is 24.3 Å². The van der Waals surface area contributed by atoms with Crippen LogP contribution in [0.25, 0.3) is 0 Å². The Morgan fingerprint density at radius 2 is 1.79 bits per heavy atom. The number of carbonyl (C=O) groups is 4. The van der Waals surface area contributed by atoms with Gasteiger partial charge in [0, 0.05) is 11.6 Å². The van der Waals surface area contributed by atoms with Crippen LogP contribution in [0.1, 0.15) is 63.6 Å². The maximum atomic E-state index is 14.1. The van der Waals surface area contributed by atoms with E-state index in [0.29, 0.717) is 29.1 Å². The van der Waals surface area contributed by atoms with Crippen LogP contribution in [0.4, 0.5) is 10.5 Å². The van der Waals surface area contributed by atoms with E-state index in [0.717, 1.165) is 6.42 Å². The fourth-order valence-corrected chi connectivity index (χ4v) is 4.60. The van der Waals surface area contributed by atoms with Crippen molar-refractivity contribution < 1.29 is 29.0 Å². The largest absolute Gasteiger partial charge is 0.508 e. The number of carbonyl (C=O) groups excluding carboxylic acids is 4. The second kappa shape index (κ2) is 12.4. The van der Waals surface area contributed by atoms with E-state index < -0.39 is 54.0 Å². The van der Waals surface area contributed by atoms with Crippen molar-refractivity contribution in [2.45, 2.75) is 77.1 Å². The van der Waals surface area contributed by atoms with E-state index in [4.69, 9.17) is 22.1 Å².